The number of nitrogens with one attached hydrogen (secondary N) is 1. The molecule has 2 heteroatoms. The molecule has 0 aliphatic heterocycles. The van der Waals surface area contributed by atoms with E-state index in [1.165, 1.54) is 35.4 Å². The van der Waals surface area contributed by atoms with E-state index in [2.05, 4.69) is 37.9 Å². The summed E-state index contributed by atoms with van der Waals surface area (Å²) in [6.45, 7) is 9.25. The predicted molar refractivity (Wildman–Crippen MR) is 83.4 cm³/mol. The van der Waals surface area contributed by atoms with Gasteiger partial charge in [0.15, 0.2) is 0 Å². The summed E-state index contributed by atoms with van der Waals surface area (Å²) in [6.07, 6.45) is 9.51. The van der Waals surface area contributed by atoms with Crippen molar-refractivity contribution >= 4 is 11.3 Å². The number of aryl methyl sites for hydroxylation is 1. The number of hydrogen-bond acceptors (Lipinski definition) is 2. The van der Waals surface area contributed by atoms with E-state index in [1.54, 1.807) is 0 Å². The maximum Gasteiger partial charge on any atom is 0.0414 e. The highest BCUT2D eigenvalue weighted by Gasteiger charge is 2.11. The van der Waals surface area contributed by atoms with E-state index in [-0.39, 0.29) is 0 Å². The Labute approximate surface area is 116 Å². The first-order valence-electron chi connectivity index (χ1n) is 7.24. The van der Waals surface area contributed by atoms with E-state index >= 15 is 0 Å². The van der Waals surface area contributed by atoms with Gasteiger partial charge in [-0.15, -0.1) is 17.9 Å². The monoisotopic (exact) mass is 265 g/mol. The Bertz CT molecular complexity index is 330. The van der Waals surface area contributed by atoms with Crippen molar-refractivity contribution < 1.29 is 0 Å². The molecule has 1 atom stereocenters. The van der Waals surface area contributed by atoms with Crippen molar-refractivity contribution in [3.8, 4) is 0 Å². The van der Waals surface area contributed by atoms with Crippen LogP contribution >= 0.6 is 11.3 Å². The summed E-state index contributed by atoms with van der Waals surface area (Å²) in [5.41, 5.74) is 0. The quantitative estimate of drug-likeness (QED) is 0.458. The first-order chi connectivity index (χ1) is 8.81. The minimum atomic E-state index is 0.559. The zero-order valence-corrected chi connectivity index (χ0v) is 12.7. The van der Waals surface area contributed by atoms with Crippen molar-refractivity contribution in [2.45, 2.75) is 58.4 Å². The molecule has 1 rings (SSSR count). The van der Waals surface area contributed by atoms with Gasteiger partial charge in [0, 0.05) is 15.8 Å². The maximum atomic E-state index is 3.77. The van der Waals surface area contributed by atoms with Crippen LogP contribution in [0.4, 0.5) is 0 Å². The van der Waals surface area contributed by atoms with Crippen LogP contribution in [-0.2, 0) is 6.42 Å². The summed E-state index contributed by atoms with van der Waals surface area (Å²) >= 11 is 1.97. The fourth-order valence-electron chi connectivity index (χ4n) is 2.18. The lowest BCUT2D eigenvalue weighted by molar-refractivity contribution is 0.490. The smallest absolute Gasteiger partial charge is 0.0414 e. The van der Waals surface area contributed by atoms with Gasteiger partial charge in [0.05, 0.1) is 0 Å². The molecule has 0 bridgehead atoms. The van der Waals surface area contributed by atoms with Crippen LogP contribution in [0.1, 0.15) is 61.7 Å². The first-order valence-corrected chi connectivity index (χ1v) is 8.06. The van der Waals surface area contributed by atoms with Crippen molar-refractivity contribution in [2.24, 2.45) is 0 Å². The van der Waals surface area contributed by atoms with Crippen molar-refractivity contribution in [3.63, 3.8) is 0 Å². The van der Waals surface area contributed by atoms with Crippen LogP contribution in [0.25, 0.3) is 0 Å². The average molecular weight is 265 g/mol. The third-order valence-corrected chi connectivity index (χ3v) is 4.57. The van der Waals surface area contributed by atoms with E-state index in [0.29, 0.717) is 6.04 Å². The lowest BCUT2D eigenvalue weighted by atomic mass is 10.1. The molecular formula is C16H27NS. The van der Waals surface area contributed by atoms with Gasteiger partial charge in [0.2, 0.25) is 0 Å². The Kier molecular flexibility index (Phi) is 8.03. The fourth-order valence-corrected chi connectivity index (χ4v) is 3.24. The van der Waals surface area contributed by atoms with Gasteiger partial charge in [-0.3, -0.25) is 0 Å². The van der Waals surface area contributed by atoms with E-state index < -0.39 is 0 Å². The Morgan fingerprint density at radius 2 is 2.11 bits per heavy atom. The molecule has 1 nitrogen and oxygen atoms in total. The standard InChI is InChI=1S/C16H27NS/c1-4-7-8-9-10-11-15(17-6-3)16-13-12-14(5-2)18-16/h4,12-13,15,17H,1,5-11H2,2-3H3. The van der Waals surface area contributed by atoms with Gasteiger partial charge in [0.25, 0.3) is 0 Å². The summed E-state index contributed by atoms with van der Waals surface area (Å²) < 4.78 is 0. The molecule has 1 N–H and O–H groups in total. The largest absolute Gasteiger partial charge is 0.310 e. The second kappa shape index (κ2) is 9.35. The zero-order chi connectivity index (χ0) is 13.2. The topological polar surface area (TPSA) is 12.0 Å². The van der Waals surface area contributed by atoms with E-state index in [4.69, 9.17) is 0 Å². The molecule has 0 aliphatic rings. The van der Waals surface area contributed by atoms with E-state index in [9.17, 15) is 0 Å². The molecule has 0 spiro atoms. The normalized spacial score (nSPS) is 12.6. The van der Waals surface area contributed by atoms with Crippen molar-refractivity contribution in [3.05, 3.63) is 34.5 Å². The molecule has 0 saturated carbocycles. The Hall–Kier alpha value is -0.600. The van der Waals surface area contributed by atoms with Crippen LogP contribution in [-0.4, -0.2) is 6.54 Å². The average Bonchev–Trinajstić information content (AvgIpc) is 2.86. The van der Waals surface area contributed by atoms with Crippen LogP contribution in [0, 0.1) is 0 Å². The molecule has 0 amide bonds. The third-order valence-electron chi connectivity index (χ3n) is 3.23. The minimum absolute atomic E-state index is 0.559. The Morgan fingerprint density at radius 3 is 2.72 bits per heavy atom. The molecule has 0 saturated heterocycles. The Balaban J connectivity index is 2.41. The maximum absolute atomic E-state index is 3.77. The number of thiophene rings is 1. The van der Waals surface area contributed by atoms with Crippen molar-refractivity contribution in [2.75, 3.05) is 6.54 Å². The summed E-state index contributed by atoms with van der Waals surface area (Å²) in [4.78, 5) is 3.01. The third kappa shape index (κ3) is 5.36. The number of rotatable bonds is 10. The fraction of sp³-hybridized carbons (Fsp3) is 0.625. The van der Waals surface area contributed by atoms with Crippen LogP contribution in [0.5, 0.6) is 0 Å². The first kappa shape index (κ1) is 15.5. The van der Waals surface area contributed by atoms with Crippen LogP contribution in [0.3, 0.4) is 0 Å². The second-order valence-corrected chi connectivity index (χ2v) is 5.89. The molecule has 0 fully saturated rings. The van der Waals surface area contributed by atoms with Gasteiger partial charge in [0.1, 0.15) is 0 Å². The van der Waals surface area contributed by atoms with Gasteiger partial charge >= 0.3 is 0 Å². The van der Waals surface area contributed by atoms with Gasteiger partial charge in [-0.05, 0) is 44.4 Å². The summed E-state index contributed by atoms with van der Waals surface area (Å²) in [5.74, 6) is 0. The molecule has 1 heterocycles. The molecule has 0 aromatic carbocycles. The number of allylic oxidation sites excluding steroid dienone is 1. The van der Waals surface area contributed by atoms with Gasteiger partial charge in [-0.25, -0.2) is 0 Å². The summed E-state index contributed by atoms with van der Waals surface area (Å²) in [5, 5.41) is 3.62. The second-order valence-electron chi connectivity index (χ2n) is 4.69. The van der Waals surface area contributed by atoms with E-state index in [0.717, 1.165) is 19.4 Å². The molecule has 0 radical (unpaired) electrons. The van der Waals surface area contributed by atoms with Gasteiger partial charge in [-0.1, -0.05) is 32.8 Å². The molecule has 18 heavy (non-hydrogen) atoms. The highest BCUT2D eigenvalue weighted by Crippen LogP contribution is 2.27. The molecule has 1 aromatic rings. The lowest BCUT2D eigenvalue weighted by Crippen LogP contribution is -2.19. The molecular weight excluding hydrogens is 238 g/mol. The molecule has 1 aromatic heterocycles. The van der Waals surface area contributed by atoms with Gasteiger partial charge in [-0.2, -0.15) is 0 Å². The highest BCUT2D eigenvalue weighted by molar-refractivity contribution is 7.12. The zero-order valence-electron chi connectivity index (χ0n) is 11.9. The number of hydrogen-bond donors (Lipinski definition) is 1. The summed E-state index contributed by atoms with van der Waals surface area (Å²) in [7, 11) is 0. The van der Waals surface area contributed by atoms with Gasteiger partial charge < -0.3 is 5.32 Å². The highest BCUT2D eigenvalue weighted by atomic mass is 32.1. The minimum Gasteiger partial charge on any atom is -0.310 e. The van der Waals surface area contributed by atoms with Crippen molar-refractivity contribution in [1.29, 1.82) is 0 Å². The van der Waals surface area contributed by atoms with Crippen LogP contribution in [0.2, 0.25) is 0 Å². The van der Waals surface area contributed by atoms with E-state index in [1.807, 2.05) is 17.4 Å². The lowest BCUT2D eigenvalue weighted by Gasteiger charge is -2.16. The SMILES string of the molecule is C=CCCCCCC(NCC)c1ccc(CC)s1. The predicted octanol–water partition coefficient (Wildman–Crippen LogP) is 5.10. The van der Waals surface area contributed by atoms with Crippen LogP contribution < -0.4 is 5.32 Å². The molecule has 1 unspecified atom stereocenters. The Morgan fingerprint density at radius 1 is 1.28 bits per heavy atom. The summed E-state index contributed by atoms with van der Waals surface area (Å²) in [6, 6.07) is 5.15. The van der Waals surface area contributed by atoms with Crippen LogP contribution in [0.15, 0.2) is 24.8 Å². The molecule has 102 valence electrons. The number of unbranched alkanes of at least 4 members (excludes halogenated alkanes) is 3. The van der Waals surface area contributed by atoms with Crippen molar-refractivity contribution in [1.82, 2.24) is 5.32 Å². The molecule has 0 aliphatic carbocycles.